The summed E-state index contributed by atoms with van der Waals surface area (Å²) >= 11 is 6.06. The minimum Gasteiger partial charge on any atom is -0.511 e. The van der Waals surface area contributed by atoms with Gasteiger partial charge in [0, 0.05) is 30.7 Å². The molecule has 7 heteroatoms. The zero-order valence-electron chi connectivity index (χ0n) is 12.5. The largest absolute Gasteiger partial charge is 0.511 e. The molecule has 0 saturated heterocycles. The Kier molecular flexibility index (Phi) is 3.46. The van der Waals surface area contributed by atoms with Crippen molar-refractivity contribution in [1.29, 1.82) is 0 Å². The first kappa shape index (κ1) is 14.7. The molecule has 0 fully saturated rings. The molecule has 3 aromatic heterocycles. The topological polar surface area (TPSA) is 79.5 Å². The van der Waals surface area contributed by atoms with Gasteiger partial charge in [0.2, 0.25) is 0 Å². The minimum absolute atomic E-state index is 0.0450. The molecule has 1 aliphatic rings. The molecule has 0 atom stereocenters. The Balaban J connectivity index is 1.79. The predicted octanol–water partition coefficient (Wildman–Crippen LogP) is 3.24. The van der Waals surface area contributed by atoms with Crippen molar-refractivity contribution in [3.63, 3.8) is 0 Å². The van der Waals surface area contributed by atoms with Crippen LogP contribution >= 0.6 is 11.6 Å². The van der Waals surface area contributed by atoms with E-state index in [1.165, 1.54) is 0 Å². The highest BCUT2D eigenvalue weighted by atomic mass is 35.5. The van der Waals surface area contributed by atoms with Crippen molar-refractivity contribution in [3.8, 4) is 0 Å². The SMILES string of the molecule is O=C(Nc1ccncc1)C1=C(O)CCc2c1nc1ccc(Cl)cn21. The van der Waals surface area contributed by atoms with Crippen molar-refractivity contribution < 1.29 is 9.90 Å². The van der Waals surface area contributed by atoms with E-state index in [-0.39, 0.29) is 11.3 Å². The quantitative estimate of drug-likeness (QED) is 0.750. The van der Waals surface area contributed by atoms with Crippen LogP contribution in [-0.4, -0.2) is 25.4 Å². The average molecular weight is 341 g/mol. The van der Waals surface area contributed by atoms with Gasteiger partial charge >= 0.3 is 0 Å². The molecular weight excluding hydrogens is 328 g/mol. The molecule has 0 unspecified atom stereocenters. The van der Waals surface area contributed by atoms with Gasteiger partial charge in [0.15, 0.2) is 0 Å². The number of nitrogens with one attached hydrogen (secondary N) is 1. The Hall–Kier alpha value is -2.86. The molecule has 1 amide bonds. The highest BCUT2D eigenvalue weighted by Crippen LogP contribution is 2.32. The summed E-state index contributed by atoms with van der Waals surface area (Å²) < 4.78 is 1.86. The molecule has 0 aromatic carbocycles. The number of aliphatic hydroxyl groups is 1. The second-order valence-electron chi connectivity index (χ2n) is 5.49. The number of nitrogens with zero attached hydrogens (tertiary/aromatic N) is 3. The Morgan fingerprint density at radius 1 is 1.21 bits per heavy atom. The molecule has 0 radical (unpaired) electrons. The maximum absolute atomic E-state index is 12.7. The van der Waals surface area contributed by atoms with Crippen molar-refractivity contribution in [3.05, 3.63) is 65.0 Å². The van der Waals surface area contributed by atoms with Gasteiger partial charge in [0.1, 0.15) is 22.7 Å². The fraction of sp³-hybridized carbons (Fsp3) is 0.118. The highest BCUT2D eigenvalue weighted by molar-refractivity contribution is 6.30. The Bertz CT molecular complexity index is 979. The van der Waals surface area contributed by atoms with Crippen LogP contribution in [0, 0.1) is 0 Å². The molecule has 24 heavy (non-hydrogen) atoms. The van der Waals surface area contributed by atoms with Gasteiger partial charge in [-0.2, -0.15) is 0 Å². The van der Waals surface area contributed by atoms with E-state index in [2.05, 4.69) is 15.3 Å². The molecule has 6 nitrogen and oxygen atoms in total. The lowest BCUT2D eigenvalue weighted by Gasteiger charge is -2.16. The number of anilines is 1. The molecule has 0 bridgehead atoms. The number of aliphatic hydroxyl groups excluding tert-OH is 1. The van der Waals surface area contributed by atoms with E-state index in [0.29, 0.717) is 34.9 Å². The summed E-state index contributed by atoms with van der Waals surface area (Å²) in [5.74, 6) is -0.349. The number of amides is 1. The van der Waals surface area contributed by atoms with Crippen LogP contribution in [0.15, 0.2) is 48.6 Å². The third kappa shape index (κ3) is 2.41. The number of halogens is 1. The van der Waals surface area contributed by atoms with Gasteiger partial charge in [-0.25, -0.2) is 4.98 Å². The van der Waals surface area contributed by atoms with Crippen molar-refractivity contribution in [2.45, 2.75) is 12.8 Å². The van der Waals surface area contributed by atoms with Gasteiger partial charge in [0.25, 0.3) is 5.91 Å². The third-order valence-electron chi connectivity index (χ3n) is 3.97. The first-order valence-electron chi connectivity index (χ1n) is 7.44. The summed E-state index contributed by atoms with van der Waals surface area (Å²) in [6.45, 7) is 0. The van der Waals surface area contributed by atoms with Gasteiger partial charge in [-0.05, 0) is 30.7 Å². The molecule has 0 saturated carbocycles. The highest BCUT2D eigenvalue weighted by Gasteiger charge is 2.29. The number of carbonyl (C=O) groups excluding carboxylic acids is 1. The number of fused-ring (bicyclic) bond motifs is 3. The second-order valence-corrected chi connectivity index (χ2v) is 5.93. The van der Waals surface area contributed by atoms with E-state index in [1.807, 2.05) is 4.40 Å². The number of hydrogen-bond donors (Lipinski definition) is 2. The zero-order chi connectivity index (χ0) is 16.7. The van der Waals surface area contributed by atoms with E-state index in [1.54, 1.807) is 42.9 Å². The Morgan fingerprint density at radius 2 is 2.00 bits per heavy atom. The number of hydrogen-bond acceptors (Lipinski definition) is 4. The van der Waals surface area contributed by atoms with Crippen LogP contribution in [0.5, 0.6) is 0 Å². The first-order chi connectivity index (χ1) is 11.6. The van der Waals surface area contributed by atoms with Crippen LogP contribution in [0.4, 0.5) is 5.69 Å². The van der Waals surface area contributed by atoms with Gasteiger partial charge in [-0.15, -0.1) is 0 Å². The summed E-state index contributed by atoms with van der Waals surface area (Å²) in [4.78, 5) is 21.1. The molecular formula is C17H13ClN4O2. The van der Waals surface area contributed by atoms with Crippen LogP contribution in [0.3, 0.4) is 0 Å². The molecule has 4 rings (SSSR count). The van der Waals surface area contributed by atoms with Crippen LogP contribution < -0.4 is 5.32 Å². The van der Waals surface area contributed by atoms with E-state index < -0.39 is 5.91 Å². The minimum atomic E-state index is -0.394. The fourth-order valence-electron chi connectivity index (χ4n) is 2.87. The lowest BCUT2D eigenvalue weighted by molar-refractivity contribution is -0.111. The smallest absolute Gasteiger partial charge is 0.261 e. The van der Waals surface area contributed by atoms with Gasteiger partial charge in [-0.3, -0.25) is 9.78 Å². The van der Waals surface area contributed by atoms with E-state index in [0.717, 1.165) is 5.69 Å². The molecule has 2 N–H and O–H groups in total. The number of rotatable bonds is 2. The number of carbonyl (C=O) groups is 1. The number of pyridine rings is 2. The number of aryl methyl sites for hydroxylation is 1. The molecule has 0 aliphatic heterocycles. The number of imidazole rings is 1. The van der Waals surface area contributed by atoms with Gasteiger partial charge < -0.3 is 14.8 Å². The summed E-state index contributed by atoms with van der Waals surface area (Å²) in [7, 11) is 0. The lowest BCUT2D eigenvalue weighted by Crippen LogP contribution is -2.19. The predicted molar refractivity (Wildman–Crippen MR) is 90.9 cm³/mol. The normalized spacial score (nSPS) is 13.9. The second kappa shape index (κ2) is 5.65. The van der Waals surface area contributed by atoms with E-state index >= 15 is 0 Å². The molecule has 120 valence electrons. The van der Waals surface area contributed by atoms with Crippen molar-refractivity contribution in [2.75, 3.05) is 5.32 Å². The average Bonchev–Trinajstić information content (AvgIpc) is 2.93. The Labute approximate surface area is 142 Å². The third-order valence-corrected chi connectivity index (χ3v) is 4.19. The lowest BCUT2D eigenvalue weighted by atomic mass is 9.97. The molecule has 1 aliphatic carbocycles. The van der Waals surface area contributed by atoms with Crippen molar-refractivity contribution in [1.82, 2.24) is 14.4 Å². The van der Waals surface area contributed by atoms with Crippen LogP contribution in [0.2, 0.25) is 5.02 Å². The number of aromatic nitrogens is 3. The summed E-state index contributed by atoms with van der Waals surface area (Å²) in [5.41, 5.74) is 2.85. The number of allylic oxidation sites excluding steroid dienone is 1. The van der Waals surface area contributed by atoms with Gasteiger partial charge in [-0.1, -0.05) is 11.6 Å². The first-order valence-corrected chi connectivity index (χ1v) is 7.81. The zero-order valence-corrected chi connectivity index (χ0v) is 13.3. The van der Waals surface area contributed by atoms with E-state index in [4.69, 9.17) is 11.6 Å². The van der Waals surface area contributed by atoms with Crippen molar-refractivity contribution in [2.24, 2.45) is 0 Å². The van der Waals surface area contributed by atoms with Crippen LogP contribution in [0.1, 0.15) is 17.8 Å². The molecule has 0 spiro atoms. The molecule has 3 heterocycles. The van der Waals surface area contributed by atoms with Crippen LogP contribution in [0.25, 0.3) is 11.2 Å². The standard InChI is InChI=1S/C17H13ClN4O2/c18-10-1-4-14-21-16-12(22(14)9-10)2-3-13(23)15(16)17(24)20-11-5-7-19-8-6-11/h1,4-9,23H,2-3H2,(H,19,20,24). The fourth-order valence-corrected chi connectivity index (χ4v) is 3.03. The van der Waals surface area contributed by atoms with E-state index in [9.17, 15) is 9.90 Å². The van der Waals surface area contributed by atoms with Crippen LogP contribution in [-0.2, 0) is 11.2 Å². The monoisotopic (exact) mass is 340 g/mol. The summed E-state index contributed by atoms with van der Waals surface area (Å²) in [6.07, 6.45) is 5.91. The Morgan fingerprint density at radius 3 is 2.79 bits per heavy atom. The summed E-state index contributed by atoms with van der Waals surface area (Å²) in [6, 6.07) is 6.90. The van der Waals surface area contributed by atoms with Crippen molar-refractivity contribution >= 4 is 34.4 Å². The maximum Gasteiger partial charge on any atom is 0.261 e. The van der Waals surface area contributed by atoms with Gasteiger partial charge in [0.05, 0.1) is 10.7 Å². The maximum atomic E-state index is 12.7. The molecule has 3 aromatic rings. The summed E-state index contributed by atoms with van der Waals surface area (Å²) in [5, 5.41) is 13.6.